The Morgan fingerprint density at radius 2 is 1.82 bits per heavy atom. The van der Waals surface area contributed by atoms with E-state index in [9.17, 15) is 9.59 Å². The molecule has 1 fully saturated rings. The van der Waals surface area contributed by atoms with Crippen LogP contribution in [0, 0.1) is 0 Å². The number of para-hydroxylation sites is 2. The maximum Gasteiger partial charge on any atom is 0.326 e. The second-order valence-corrected chi connectivity index (χ2v) is 7.01. The van der Waals surface area contributed by atoms with E-state index in [0.29, 0.717) is 6.54 Å². The zero-order valence-corrected chi connectivity index (χ0v) is 17.3. The van der Waals surface area contributed by atoms with Gasteiger partial charge in [-0.05, 0) is 37.6 Å². The molecule has 1 aromatic rings. The Morgan fingerprint density at radius 3 is 2.46 bits per heavy atom. The third kappa shape index (κ3) is 5.73. The number of piperazine rings is 1. The average Bonchev–Trinajstić information content (AvgIpc) is 2.75. The third-order valence-corrected chi connectivity index (χ3v) is 5.13. The van der Waals surface area contributed by atoms with Crippen LogP contribution in [0.4, 0.5) is 10.5 Å². The Labute approximate surface area is 168 Å². The molecule has 2 rings (SSSR count). The molecule has 1 aliphatic rings. The molecule has 0 radical (unpaired) electrons. The normalized spacial score (nSPS) is 14.5. The number of ether oxygens (including phenoxy) is 1. The number of unbranched alkanes of at least 4 members (excludes halogenated alkanes) is 1. The number of benzene rings is 1. The monoisotopic (exact) mass is 388 g/mol. The number of carbonyl (C=O) groups excluding carboxylic acids is 2. The van der Waals surface area contributed by atoms with Crippen LogP contribution < -0.4 is 9.64 Å². The van der Waals surface area contributed by atoms with E-state index in [4.69, 9.17) is 4.74 Å². The summed E-state index contributed by atoms with van der Waals surface area (Å²) in [6.45, 7) is 9.05. The third-order valence-electron chi connectivity index (χ3n) is 5.13. The van der Waals surface area contributed by atoms with E-state index >= 15 is 0 Å². The Hall–Kier alpha value is -2.54. The Kier molecular flexibility index (Phi) is 8.32. The number of imide groups is 1. The number of hydrogen-bond acceptors (Lipinski definition) is 5. The number of methoxy groups -OCH3 is 1. The Bertz CT molecular complexity index is 671. The molecule has 154 valence electrons. The van der Waals surface area contributed by atoms with E-state index in [1.165, 1.54) is 7.05 Å². The molecule has 1 aromatic carbocycles. The Balaban J connectivity index is 1.68. The number of hydrogen-bond donors (Lipinski definition) is 0. The van der Waals surface area contributed by atoms with E-state index in [2.05, 4.69) is 22.4 Å². The van der Waals surface area contributed by atoms with Crippen molar-refractivity contribution < 1.29 is 14.3 Å². The van der Waals surface area contributed by atoms with Crippen LogP contribution in [0.2, 0.25) is 0 Å². The van der Waals surface area contributed by atoms with Crippen molar-refractivity contribution in [2.45, 2.75) is 12.8 Å². The van der Waals surface area contributed by atoms with E-state index < -0.39 is 0 Å². The zero-order valence-electron chi connectivity index (χ0n) is 17.3. The summed E-state index contributed by atoms with van der Waals surface area (Å²) < 4.78 is 5.47. The minimum atomic E-state index is -0.384. The second kappa shape index (κ2) is 10.7. The highest BCUT2D eigenvalue weighted by Gasteiger charge is 2.20. The van der Waals surface area contributed by atoms with Gasteiger partial charge < -0.3 is 14.5 Å². The van der Waals surface area contributed by atoms with Gasteiger partial charge in [0.1, 0.15) is 5.75 Å². The van der Waals surface area contributed by atoms with Crippen LogP contribution in [0.25, 0.3) is 0 Å². The lowest BCUT2D eigenvalue weighted by Crippen LogP contribution is -2.47. The van der Waals surface area contributed by atoms with Gasteiger partial charge in [-0.15, -0.1) is 0 Å². The number of urea groups is 1. The summed E-state index contributed by atoms with van der Waals surface area (Å²) >= 11 is 0. The first-order valence-corrected chi connectivity index (χ1v) is 9.73. The fourth-order valence-electron chi connectivity index (χ4n) is 3.37. The molecule has 1 heterocycles. The number of nitrogens with zero attached hydrogens (tertiary/aromatic N) is 4. The standard InChI is InChI=1S/C21H32N4O3/c1-5-20(26)23(3)21(27)22(2)12-8-9-13-24-14-16-25(17-15-24)18-10-6-7-11-19(18)28-4/h5-7,10-11H,1,8-9,12-17H2,2-4H3. The molecule has 0 unspecified atom stereocenters. The van der Waals surface area contributed by atoms with Crippen molar-refractivity contribution in [3.63, 3.8) is 0 Å². The molecular formula is C21H32N4O3. The first kappa shape index (κ1) is 21.8. The van der Waals surface area contributed by atoms with Crippen molar-refractivity contribution in [3.05, 3.63) is 36.9 Å². The van der Waals surface area contributed by atoms with Crippen LogP contribution in [0.1, 0.15) is 12.8 Å². The van der Waals surface area contributed by atoms with Gasteiger partial charge >= 0.3 is 6.03 Å². The van der Waals surface area contributed by atoms with Gasteiger partial charge in [-0.3, -0.25) is 14.6 Å². The van der Waals surface area contributed by atoms with E-state index in [-0.39, 0.29) is 11.9 Å². The summed E-state index contributed by atoms with van der Waals surface area (Å²) in [5, 5.41) is 0. The molecule has 7 heteroatoms. The molecule has 0 spiro atoms. The lowest BCUT2D eigenvalue weighted by molar-refractivity contribution is -0.122. The number of rotatable bonds is 8. The van der Waals surface area contributed by atoms with Crippen molar-refractivity contribution in [3.8, 4) is 5.75 Å². The first-order valence-electron chi connectivity index (χ1n) is 9.73. The van der Waals surface area contributed by atoms with Gasteiger partial charge in [0.25, 0.3) is 5.91 Å². The lowest BCUT2D eigenvalue weighted by atomic mass is 10.2. The van der Waals surface area contributed by atoms with Crippen LogP contribution in [0.3, 0.4) is 0 Å². The van der Waals surface area contributed by atoms with Crippen LogP contribution in [-0.2, 0) is 4.79 Å². The van der Waals surface area contributed by atoms with Crippen LogP contribution in [0.15, 0.2) is 36.9 Å². The van der Waals surface area contributed by atoms with Crippen molar-refractivity contribution in [2.75, 3.05) is 65.4 Å². The highest BCUT2D eigenvalue weighted by atomic mass is 16.5. The van der Waals surface area contributed by atoms with Gasteiger partial charge in [0.05, 0.1) is 12.8 Å². The van der Waals surface area contributed by atoms with Crippen molar-refractivity contribution in [1.82, 2.24) is 14.7 Å². The van der Waals surface area contributed by atoms with Gasteiger partial charge in [-0.1, -0.05) is 18.7 Å². The summed E-state index contributed by atoms with van der Waals surface area (Å²) in [7, 11) is 4.91. The molecule has 0 N–H and O–H groups in total. The number of likely N-dealkylation sites (N-methyl/N-ethyl adjacent to an activating group) is 1. The fourth-order valence-corrected chi connectivity index (χ4v) is 3.37. The van der Waals surface area contributed by atoms with Gasteiger partial charge in [-0.2, -0.15) is 0 Å². The molecule has 0 bridgehead atoms. The van der Waals surface area contributed by atoms with Gasteiger partial charge in [0.2, 0.25) is 0 Å². The van der Waals surface area contributed by atoms with Gasteiger partial charge in [0.15, 0.2) is 0 Å². The number of anilines is 1. The van der Waals surface area contributed by atoms with E-state index in [0.717, 1.165) is 68.0 Å². The summed E-state index contributed by atoms with van der Waals surface area (Å²) in [6.07, 6.45) is 3.08. The highest BCUT2D eigenvalue weighted by Crippen LogP contribution is 2.28. The zero-order chi connectivity index (χ0) is 20.5. The fraction of sp³-hybridized carbons (Fsp3) is 0.524. The van der Waals surface area contributed by atoms with E-state index in [1.54, 1.807) is 19.1 Å². The van der Waals surface area contributed by atoms with Crippen LogP contribution >= 0.6 is 0 Å². The second-order valence-electron chi connectivity index (χ2n) is 7.01. The molecule has 1 saturated heterocycles. The van der Waals surface area contributed by atoms with Gasteiger partial charge in [0, 0.05) is 46.8 Å². The number of carbonyl (C=O) groups is 2. The van der Waals surface area contributed by atoms with E-state index in [1.807, 2.05) is 18.2 Å². The minimum absolute atomic E-state index is 0.296. The Morgan fingerprint density at radius 1 is 1.14 bits per heavy atom. The minimum Gasteiger partial charge on any atom is -0.495 e. The maximum absolute atomic E-state index is 12.1. The summed E-state index contributed by atoms with van der Waals surface area (Å²) in [6, 6.07) is 7.85. The predicted octanol–water partition coefficient (Wildman–Crippen LogP) is 2.29. The maximum atomic E-state index is 12.1. The molecule has 0 atom stereocenters. The molecule has 1 aliphatic heterocycles. The quantitative estimate of drug-likeness (QED) is 0.505. The molecular weight excluding hydrogens is 356 g/mol. The smallest absolute Gasteiger partial charge is 0.326 e. The highest BCUT2D eigenvalue weighted by molar-refractivity contribution is 5.99. The lowest BCUT2D eigenvalue weighted by Gasteiger charge is -2.36. The summed E-state index contributed by atoms with van der Waals surface area (Å²) in [5.41, 5.74) is 1.16. The summed E-state index contributed by atoms with van der Waals surface area (Å²) in [4.78, 5) is 31.1. The molecule has 3 amide bonds. The van der Waals surface area contributed by atoms with Crippen LogP contribution in [-0.4, -0.2) is 87.1 Å². The molecule has 7 nitrogen and oxygen atoms in total. The largest absolute Gasteiger partial charge is 0.495 e. The molecule has 0 aromatic heterocycles. The van der Waals surface area contributed by atoms with Crippen molar-refractivity contribution in [1.29, 1.82) is 0 Å². The average molecular weight is 389 g/mol. The van der Waals surface area contributed by atoms with Gasteiger partial charge in [-0.25, -0.2) is 4.79 Å². The van der Waals surface area contributed by atoms with Crippen LogP contribution in [0.5, 0.6) is 5.75 Å². The first-order chi connectivity index (χ1) is 13.5. The molecule has 0 saturated carbocycles. The predicted molar refractivity (Wildman–Crippen MR) is 112 cm³/mol. The SMILES string of the molecule is C=CC(=O)N(C)C(=O)N(C)CCCCN1CCN(c2ccccc2OC)CC1. The molecule has 28 heavy (non-hydrogen) atoms. The summed E-state index contributed by atoms with van der Waals surface area (Å²) in [5.74, 6) is 0.535. The van der Waals surface area contributed by atoms with Crippen molar-refractivity contribution in [2.24, 2.45) is 0 Å². The van der Waals surface area contributed by atoms with Crippen molar-refractivity contribution >= 4 is 17.6 Å². The number of amides is 3. The molecule has 0 aliphatic carbocycles. The topological polar surface area (TPSA) is 56.3 Å².